The summed E-state index contributed by atoms with van der Waals surface area (Å²) in [7, 11) is 0. The Morgan fingerprint density at radius 1 is 1.22 bits per heavy atom. The summed E-state index contributed by atoms with van der Waals surface area (Å²) in [6, 6.07) is 5.26. The maximum Gasteiger partial charge on any atom is 0.123 e. The molecule has 3 heteroatoms. The summed E-state index contributed by atoms with van der Waals surface area (Å²) >= 11 is 0. The quantitative estimate of drug-likeness (QED) is 0.871. The molecule has 18 heavy (non-hydrogen) atoms. The highest BCUT2D eigenvalue weighted by molar-refractivity contribution is 5.37. The second-order valence-electron chi connectivity index (χ2n) is 5.58. The normalized spacial score (nSPS) is 28.3. The number of nitrogens with zero attached hydrogens (tertiary/aromatic N) is 1. The smallest absolute Gasteiger partial charge is 0.123 e. The molecule has 1 aliphatic carbocycles. The van der Waals surface area contributed by atoms with E-state index in [1.165, 1.54) is 24.0 Å². The summed E-state index contributed by atoms with van der Waals surface area (Å²) in [4.78, 5) is 2.53. The van der Waals surface area contributed by atoms with Crippen LogP contribution in [-0.2, 0) is 12.0 Å². The fourth-order valence-corrected chi connectivity index (χ4v) is 3.74. The molecule has 0 spiro atoms. The largest absolute Gasteiger partial charge is 0.328 e. The molecule has 0 radical (unpaired) electrons. The van der Waals surface area contributed by atoms with Gasteiger partial charge in [-0.25, -0.2) is 4.39 Å². The first kappa shape index (κ1) is 12.1. The Labute approximate surface area is 108 Å². The average molecular weight is 248 g/mol. The molecule has 1 aliphatic heterocycles. The minimum absolute atomic E-state index is 0.0300. The van der Waals surface area contributed by atoms with Gasteiger partial charge in [0, 0.05) is 6.54 Å². The van der Waals surface area contributed by atoms with E-state index in [1.54, 1.807) is 12.1 Å². The number of aryl methyl sites for hydroxylation is 1. The molecule has 2 aliphatic rings. The average Bonchev–Trinajstić information content (AvgIpc) is 2.91. The minimum Gasteiger partial charge on any atom is -0.328 e. The van der Waals surface area contributed by atoms with Crippen LogP contribution in [0, 0.1) is 5.82 Å². The Bertz CT molecular complexity index is 440. The van der Waals surface area contributed by atoms with Crippen molar-refractivity contribution in [2.45, 2.75) is 37.6 Å². The van der Waals surface area contributed by atoms with Crippen LogP contribution in [-0.4, -0.2) is 24.5 Å². The molecule has 1 aromatic rings. The lowest BCUT2D eigenvalue weighted by molar-refractivity contribution is 0.102. The second kappa shape index (κ2) is 4.63. The van der Waals surface area contributed by atoms with Crippen LogP contribution >= 0.6 is 0 Å². The molecule has 1 fully saturated rings. The van der Waals surface area contributed by atoms with Gasteiger partial charge >= 0.3 is 0 Å². The Kier molecular flexibility index (Phi) is 3.12. The molecule has 0 aromatic heterocycles. The van der Waals surface area contributed by atoms with Crippen LogP contribution < -0.4 is 5.73 Å². The van der Waals surface area contributed by atoms with Gasteiger partial charge in [-0.3, -0.25) is 4.90 Å². The molecule has 1 aromatic carbocycles. The van der Waals surface area contributed by atoms with Gasteiger partial charge in [0.1, 0.15) is 5.82 Å². The van der Waals surface area contributed by atoms with Crippen LogP contribution in [0.5, 0.6) is 0 Å². The number of rotatable bonds is 2. The maximum absolute atomic E-state index is 13.4. The Hall–Kier alpha value is -0.930. The summed E-state index contributed by atoms with van der Waals surface area (Å²) in [6.07, 6.45) is 5.74. The summed E-state index contributed by atoms with van der Waals surface area (Å²) in [6.45, 7) is 2.91. The fourth-order valence-electron chi connectivity index (χ4n) is 3.74. The van der Waals surface area contributed by atoms with Gasteiger partial charge in [-0.05, 0) is 68.5 Å². The number of nitrogens with two attached hydrogens (primary N) is 1. The van der Waals surface area contributed by atoms with Crippen LogP contribution in [0.3, 0.4) is 0 Å². The summed E-state index contributed by atoms with van der Waals surface area (Å²) in [5, 5.41) is 0. The minimum atomic E-state index is -0.122. The third-order valence-corrected chi connectivity index (χ3v) is 4.65. The van der Waals surface area contributed by atoms with Gasteiger partial charge in [-0.2, -0.15) is 0 Å². The van der Waals surface area contributed by atoms with E-state index in [2.05, 4.69) is 4.90 Å². The predicted octanol–water partition coefficient (Wildman–Crippen LogP) is 2.41. The lowest BCUT2D eigenvalue weighted by atomic mass is 9.75. The van der Waals surface area contributed by atoms with Gasteiger partial charge in [0.05, 0.1) is 5.54 Å². The van der Waals surface area contributed by atoms with Crippen molar-refractivity contribution in [3.63, 3.8) is 0 Å². The van der Waals surface area contributed by atoms with Crippen molar-refractivity contribution in [1.82, 2.24) is 4.90 Å². The zero-order valence-electron chi connectivity index (χ0n) is 10.8. The maximum atomic E-state index is 13.4. The van der Waals surface area contributed by atoms with Gasteiger partial charge in [-0.1, -0.05) is 6.07 Å². The fraction of sp³-hybridized carbons (Fsp3) is 0.600. The first-order chi connectivity index (χ1) is 8.76. The first-order valence-corrected chi connectivity index (χ1v) is 7.00. The van der Waals surface area contributed by atoms with Gasteiger partial charge < -0.3 is 5.73 Å². The van der Waals surface area contributed by atoms with Gasteiger partial charge in [-0.15, -0.1) is 0 Å². The van der Waals surface area contributed by atoms with E-state index >= 15 is 0 Å². The summed E-state index contributed by atoms with van der Waals surface area (Å²) in [5.74, 6) is -0.122. The zero-order valence-corrected chi connectivity index (χ0v) is 10.8. The molecule has 2 nitrogen and oxygen atoms in total. The summed E-state index contributed by atoms with van der Waals surface area (Å²) < 4.78 is 13.4. The third-order valence-electron chi connectivity index (χ3n) is 4.65. The standard InChI is InChI=1S/C15H21FN2/c16-13-5-6-14-12(10-13)4-3-7-15(14,11-17)18-8-1-2-9-18/h5-6,10H,1-4,7-9,11,17H2. The van der Waals surface area contributed by atoms with Crippen LogP contribution in [0.2, 0.25) is 0 Å². The van der Waals surface area contributed by atoms with E-state index in [1.807, 2.05) is 6.07 Å². The van der Waals surface area contributed by atoms with E-state index in [4.69, 9.17) is 5.73 Å². The molecule has 1 atom stereocenters. The molecule has 3 rings (SSSR count). The Morgan fingerprint density at radius 2 is 2.00 bits per heavy atom. The number of benzene rings is 1. The molecule has 98 valence electrons. The van der Waals surface area contributed by atoms with Crippen molar-refractivity contribution in [2.24, 2.45) is 5.73 Å². The van der Waals surface area contributed by atoms with Crippen molar-refractivity contribution in [2.75, 3.05) is 19.6 Å². The van der Waals surface area contributed by atoms with Crippen molar-refractivity contribution >= 4 is 0 Å². The van der Waals surface area contributed by atoms with Crippen molar-refractivity contribution in [1.29, 1.82) is 0 Å². The molecule has 1 unspecified atom stereocenters. The van der Waals surface area contributed by atoms with Crippen molar-refractivity contribution in [3.8, 4) is 0 Å². The topological polar surface area (TPSA) is 29.3 Å². The van der Waals surface area contributed by atoms with Gasteiger partial charge in [0.2, 0.25) is 0 Å². The summed E-state index contributed by atoms with van der Waals surface area (Å²) in [5.41, 5.74) is 8.55. The molecule has 0 saturated carbocycles. The molecule has 0 bridgehead atoms. The highest BCUT2D eigenvalue weighted by Crippen LogP contribution is 2.41. The third kappa shape index (κ3) is 1.77. The van der Waals surface area contributed by atoms with Gasteiger partial charge in [0.15, 0.2) is 0 Å². The van der Waals surface area contributed by atoms with E-state index in [9.17, 15) is 4.39 Å². The monoisotopic (exact) mass is 248 g/mol. The Balaban J connectivity index is 2.06. The number of hydrogen-bond acceptors (Lipinski definition) is 2. The molecular weight excluding hydrogens is 227 g/mol. The van der Waals surface area contributed by atoms with E-state index < -0.39 is 0 Å². The Morgan fingerprint density at radius 3 is 2.72 bits per heavy atom. The number of halogens is 1. The van der Waals surface area contributed by atoms with Gasteiger partial charge in [0.25, 0.3) is 0 Å². The molecule has 1 heterocycles. The highest BCUT2D eigenvalue weighted by atomic mass is 19.1. The highest BCUT2D eigenvalue weighted by Gasteiger charge is 2.41. The lowest BCUT2D eigenvalue weighted by Crippen LogP contribution is -2.51. The van der Waals surface area contributed by atoms with Crippen LogP contribution in [0.15, 0.2) is 18.2 Å². The molecular formula is C15H21FN2. The van der Waals surface area contributed by atoms with Crippen LogP contribution in [0.1, 0.15) is 36.8 Å². The van der Waals surface area contributed by atoms with E-state index in [0.29, 0.717) is 6.54 Å². The zero-order chi connectivity index (χ0) is 12.6. The molecule has 1 saturated heterocycles. The van der Waals surface area contributed by atoms with E-state index in [0.717, 1.165) is 32.4 Å². The van der Waals surface area contributed by atoms with Crippen molar-refractivity contribution < 1.29 is 4.39 Å². The first-order valence-electron chi connectivity index (χ1n) is 7.00. The van der Waals surface area contributed by atoms with Crippen molar-refractivity contribution in [3.05, 3.63) is 35.1 Å². The molecule has 2 N–H and O–H groups in total. The molecule has 0 amide bonds. The van der Waals surface area contributed by atoms with Crippen LogP contribution in [0.4, 0.5) is 4.39 Å². The SMILES string of the molecule is NCC1(N2CCCC2)CCCc2cc(F)ccc21. The van der Waals surface area contributed by atoms with Crippen LogP contribution in [0.25, 0.3) is 0 Å². The predicted molar refractivity (Wildman–Crippen MR) is 70.9 cm³/mol. The number of likely N-dealkylation sites (tertiary alicyclic amines) is 1. The van der Waals surface area contributed by atoms with E-state index in [-0.39, 0.29) is 11.4 Å². The lowest BCUT2D eigenvalue weighted by Gasteiger charge is -2.45. The number of fused-ring (bicyclic) bond motifs is 1. The second-order valence-corrected chi connectivity index (χ2v) is 5.58. The number of hydrogen-bond donors (Lipinski definition) is 1.